The highest BCUT2D eigenvalue weighted by molar-refractivity contribution is 5.96. The zero-order valence-corrected chi connectivity index (χ0v) is 32.2. The SMILES string of the molecule is c1ccc2c(c1)Oc1ccccc1C21c2ccccc2-c2c(-c3ccc(-c4nc(-c5ccc6ccccc6c5)nc(C56CC7CC(CC(C7)C5)C6)n4)cc3)cccc21. The molecule has 4 fully saturated rings. The lowest BCUT2D eigenvalue weighted by molar-refractivity contribution is -0.00938. The van der Waals surface area contributed by atoms with E-state index in [0.717, 1.165) is 57.9 Å². The highest BCUT2D eigenvalue weighted by atomic mass is 16.5. The summed E-state index contributed by atoms with van der Waals surface area (Å²) >= 11 is 0. The maximum Gasteiger partial charge on any atom is 0.163 e. The van der Waals surface area contributed by atoms with Gasteiger partial charge in [0.2, 0.25) is 0 Å². The summed E-state index contributed by atoms with van der Waals surface area (Å²) in [5, 5.41) is 2.43. The van der Waals surface area contributed by atoms with Crippen LogP contribution in [0.2, 0.25) is 0 Å². The molecule has 4 nitrogen and oxygen atoms in total. The summed E-state index contributed by atoms with van der Waals surface area (Å²) in [7, 11) is 0. The molecule has 4 saturated carbocycles. The lowest BCUT2D eigenvalue weighted by Gasteiger charge is -2.56. The molecule has 8 aromatic rings. The average Bonchev–Trinajstić information content (AvgIpc) is 3.56. The van der Waals surface area contributed by atoms with Crippen LogP contribution in [0.5, 0.6) is 11.5 Å². The fourth-order valence-electron chi connectivity index (χ4n) is 12.5. The first-order valence-corrected chi connectivity index (χ1v) is 21.1. The number of nitrogens with zero attached hydrogens (tertiary/aromatic N) is 3. The Kier molecular flexibility index (Phi) is 6.80. The monoisotopic (exact) mass is 747 g/mol. The predicted molar refractivity (Wildman–Crippen MR) is 231 cm³/mol. The van der Waals surface area contributed by atoms with Gasteiger partial charge < -0.3 is 4.74 Å². The van der Waals surface area contributed by atoms with Crippen molar-refractivity contribution in [2.24, 2.45) is 17.8 Å². The van der Waals surface area contributed by atoms with Crippen molar-refractivity contribution in [1.82, 2.24) is 15.0 Å². The number of para-hydroxylation sites is 2. The fourth-order valence-corrected chi connectivity index (χ4v) is 12.5. The van der Waals surface area contributed by atoms with Crippen LogP contribution in [0.25, 0.3) is 55.8 Å². The highest BCUT2D eigenvalue weighted by Gasteiger charge is 2.54. The number of hydrogen-bond donors (Lipinski definition) is 0. The van der Waals surface area contributed by atoms with Gasteiger partial charge in [0.05, 0.1) is 5.41 Å². The summed E-state index contributed by atoms with van der Waals surface area (Å²) in [5.41, 5.74) is 11.5. The Morgan fingerprint density at radius 3 is 1.67 bits per heavy atom. The Bertz CT molecular complexity index is 2900. The van der Waals surface area contributed by atoms with Gasteiger partial charge in [-0.05, 0) is 119 Å². The molecular weight excluding hydrogens is 707 g/mol. The predicted octanol–water partition coefficient (Wildman–Crippen LogP) is 13.0. The van der Waals surface area contributed by atoms with Crippen molar-refractivity contribution in [3.05, 3.63) is 186 Å². The standard InChI is InChI=1S/C54H41N3O/c1-2-11-39-29-40(25-20-36(39)10-1)51-55-50(56-52(57-51)53-30-33-26-34(31-53)28-35(27-33)32-53)38-23-21-37(22-24-38)41-13-9-17-46-49(41)42-12-3-4-14-43(42)54(46)44-15-5-7-18-47(44)58-48-19-8-6-16-45(48)54/h1-25,29,33-35H,26-28,30-32H2. The lowest BCUT2D eigenvalue weighted by Crippen LogP contribution is -2.49. The molecule has 0 saturated heterocycles. The van der Waals surface area contributed by atoms with Crippen molar-refractivity contribution in [3.63, 3.8) is 0 Å². The Balaban J connectivity index is 0.959. The quantitative estimate of drug-likeness (QED) is 0.180. The van der Waals surface area contributed by atoms with Crippen molar-refractivity contribution < 1.29 is 4.74 Å². The van der Waals surface area contributed by atoms with Crippen molar-refractivity contribution in [2.75, 3.05) is 0 Å². The molecule has 2 heterocycles. The number of fused-ring (bicyclic) bond motifs is 10. The normalized spacial score (nSPS) is 22.6. The molecular formula is C54H41N3O. The molecule has 0 radical (unpaired) electrons. The molecule has 278 valence electrons. The maximum atomic E-state index is 6.58. The molecule has 1 aliphatic heterocycles. The minimum Gasteiger partial charge on any atom is -0.457 e. The van der Waals surface area contributed by atoms with E-state index in [1.165, 1.54) is 93.8 Å². The average molecular weight is 748 g/mol. The largest absolute Gasteiger partial charge is 0.457 e. The number of ether oxygens (including phenoxy) is 1. The van der Waals surface area contributed by atoms with Crippen LogP contribution >= 0.6 is 0 Å². The van der Waals surface area contributed by atoms with E-state index in [2.05, 4.69) is 158 Å². The molecule has 4 heteroatoms. The molecule has 4 bridgehead atoms. The smallest absolute Gasteiger partial charge is 0.163 e. The second-order valence-corrected chi connectivity index (χ2v) is 17.8. The van der Waals surface area contributed by atoms with Crippen LogP contribution in [0.3, 0.4) is 0 Å². The molecule has 6 aliphatic rings. The molecule has 1 aromatic heterocycles. The zero-order chi connectivity index (χ0) is 38.0. The molecule has 5 aliphatic carbocycles. The summed E-state index contributed by atoms with van der Waals surface area (Å²) in [6, 6.07) is 57.1. The van der Waals surface area contributed by atoms with Gasteiger partial charge in [-0.25, -0.2) is 15.0 Å². The fraction of sp³-hybridized carbons (Fsp3) is 0.204. The van der Waals surface area contributed by atoms with E-state index in [1.807, 2.05) is 0 Å². The van der Waals surface area contributed by atoms with E-state index in [9.17, 15) is 0 Å². The van der Waals surface area contributed by atoms with E-state index in [1.54, 1.807) is 0 Å². The van der Waals surface area contributed by atoms with E-state index >= 15 is 0 Å². The third kappa shape index (κ3) is 4.60. The Hall–Kier alpha value is -6.39. The van der Waals surface area contributed by atoms with E-state index in [4.69, 9.17) is 19.7 Å². The third-order valence-corrected chi connectivity index (χ3v) is 14.5. The van der Waals surface area contributed by atoms with Crippen molar-refractivity contribution in [3.8, 4) is 56.5 Å². The minimum atomic E-state index is -0.495. The molecule has 14 rings (SSSR count). The van der Waals surface area contributed by atoms with Gasteiger partial charge in [0.15, 0.2) is 11.6 Å². The van der Waals surface area contributed by atoms with Gasteiger partial charge in [-0.2, -0.15) is 0 Å². The van der Waals surface area contributed by atoms with Crippen LogP contribution in [0.4, 0.5) is 0 Å². The molecule has 1 spiro atoms. The van der Waals surface area contributed by atoms with E-state index in [0.29, 0.717) is 0 Å². The number of benzene rings is 7. The van der Waals surface area contributed by atoms with Crippen molar-refractivity contribution >= 4 is 10.8 Å². The highest BCUT2D eigenvalue weighted by Crippen LogP contribution is 2.64. The lowest BCUT2D eigenvalue weighted by atomic mass is 9.49. The summed E-state index contributed by atoms with van der Waals surface area (Å²) < 4.78 is 6.58. The van der Waals surface area contributed by atoms with E-state index < -0.39 is 5.41 Å². The van der Waals surface area contributed by atoms with Gasteiger partial charge in [0, 0.05) is 27.7 Å². The summed E-state index contributed by atoms with van der Waals surface area (Å²) in [5.74, 6) is 6.79. The molecule has 7 aromatic carbocycles. The van der Waals surface area contributed by atoms with Crippen molar-refractivity contribution in [2.45, 2.75) is 49.4 Å². The van der Waals surface area contributed by atoms with Crippen LogP contribution in [0.15, 0.2) is 158 Å². The second kappa shape index (κ2) is 12.1. The van der Waals surface area contributed by atoms with Crippen LogP contribution in [0.1, 0.15) is 66.6 Å². The first-order chi connectivity index (χ1) is 28.6. The second-order valence-electron chi connectivity index (χ2n) is 17.8. The van der Waals surface area contributed by atoms with Crippen LogP contribution in [0, 0.1) is 17.8 Å². The third-order valence-electron chi connectivity index (χ3n) is 14.5. The number of rotatable bonds is 4. The Morgan fingerprint density at radius 2 is 0.966 bits per heavy atom. The molecule has 58 heavy (non-hydrogen) atoms. The Morgan fingerprint density at radius 1 is 0.431 bits per heavy atom. The van der Waals surface area contributed by atoms with Gasteiger partial charge in [-0.3, -0.25) is 0 Å². The molecule has 0 atom stereocenters. The topological polar surface area (TPSA) is 47.9 Å². The Labute approximate surface area is 338 Å². The van der Waals surface area contributed by atoms with Crippen LogP contribution in [-0.4, -0.2) is 15.0 Å². The van der Waals surface area contributed by atoms with Gasteiger partial charge in [0.1, 0.15) is 17.3 Å². The van der Waals surface area contributed by atoms with E-state index in [-0.39, 0.29) is 5.41 Å². The van der Waals surface area contributed by atoms with Gasteiger partial charge >= 0.3 is 0 Å². The van der Waals surface area contributed by atoms with Crippen LogP contribution < -0.4 is 4.74 Å². The maximum absolute atomic E-state index is 6.58. The summed E-state index contributed by atoms with van der Waals surface area (Å²) in [6.07, 6.45) is 7.79. The minimum absolute atomic E-state index is 0.0489. The number of hydrogen-bond acceptors (Lipinski definition) is 4. The van der Waals surface area contributed by atoms with Gasteiger partial charge in [-0.1, -0.05) is 140 Å². The summed E-state index contributed by atoms with van der Waals surface area (Å²) in [4.78, 5) is 16.1. The first-order valence-electron chi connectivity index (χ1n) is 21.1. The number of aromatic nitrogens is 3. The van der Waals surface area contributed by atoms with Crippen LogP contribution in [-0.2, 0) is 10.8 Å². The first kappa shape index (κ1) is 32.7. The zero-order valence-electron chi connectivity index (χ0n) is 32.2. The van der Waals surface area contributed by atoms with Gasteiger partial charge in [0.25, 0.3) is 0 Å². The molecule has 0 amide bonds. The molecule has 0 N–H and O–H groups in total. The molecule has 0 unspecified atom stereocenters. The van der Waals surface area contributed by atoms with Gasteiger partial charge in [-0.15, -0.1) is 0 Å². The van der Waals surface area contributed by atoms with Crippen molar-refractivity contribution in [1.29, 1.82) is 0 Å². The summed E-state index contributed by atoms with van der Waals surface area (Å²) in [6.45, 7) is 0.